The molecule has 0 saturated carbocycles. The van der Waals surface area contributed by atoms with Gasteiger partial charge in [-0.05, 0) is 26.8 Å². The first-order valence-corrected chi connectivity index (χ1v) is 4.12. The monoisotopic (exact) mass is 174 g/mol. The second-order valence-corrected chi connectivity index (χ2v) is 3.08. The predicted octanol–water partition coefficient (Wildman–Crippen LogP) is 1.35. The van der Waals surface area contributed by atoms with Crippen LogP contribution in [-0.4, -0.2) is 20.2 Å². The third kappa shape index (κ3) is 1.35. The zero-order valence-electron chi connectivity index (χ0n) is 7.87. The average Bonchev–Trinajstić information content (AvgIpc) is 2.06. The van der Waals surface area contributed by atoms with Gasteiger partial charge in [0.1, 0.15) is 16.9 Å². The molecule has 0 aliphatic heterocycles. The van der Waals surface area contributed by atoms with Gasteiger partial charge in [0.15, 0.2) is 0 Å². The van der Waals surface area contributed by atoms with Gasteiger partial charge in [0.2, 0.25) is 0 Å². The third-order valence-corrected chi connectivity index (χ3v) is 1.85. The van der Waals surface area contributed by atoms with Crippen molar-refractivity contribution in [2.24, 2.45) is 0 Å². The lowest BCUT2D eigenvalue weighted by molar-refractivity contribution is 0.940. The fraction of sp³-hybridized carbons (Fsp3) is 0.333. The molecule has 4 heteroatoms. The van der Waals surface area contributed by atoms with Gasteiger partial charge in [0.25, 0.3) is 0 Å². The van der Waals surface area contributed by atoms with Gasteiger partial charge in [-0.25, -0.2) is 4.98 Å². The van der Waals surface area contributed by atoms with Gasteiger partial charge in [-0.3, -0.25) is 4.98 Å². The van der Waals surface area contributed by atoms with E-state index in [4.69, 9.17) is 0 Å². The molecule has 4 nitrogen and oxygen atoms in total. The highest BCUT2D eigenvalue weighted by Gasteiger charge is 2.03. The highest BCUT2D eigenvalue weighted by atomic mass is 15.1. The van der Waals surface area contributed by atoms with Crippen LogP contribution in [0.3, 0.4) is 0 Å². The molecular formula is C9H10N4. The number of aryl methyl sites for hydroxylation is 3. The topological polar surface area (TPSA) is 51.6 Å². The van der Waals surface area contributed by atoms with Gasteiger partial charge in [0, 0.05) is 5.69 Å². The Balaban J connectivity index is 2.87. The Morgan fingerprint density at radius 1 is 1.00 bits per heavy atom. The Bertz CT molecular complexity index is 464. The molecule has 2 rings (SSSR count). The number of hydrogen-bond acceptors (Lipinski definition) is 4. The molecule has 0 N–H and O–H groups in total. The fourth-order valence-corrected chi connectivity index (χ4v) is 1.33. The molecule has 0 aromatic carbocycles. The minimum absolute atomic E-state index is 0.682. The van der Waals surface area contributed by atoms with Crippen molar-refractivity contribution in [1.82, 2.24) is 20.2 Å². The number of rotatable bonds is 0. The van der Waals surface area contributed by atoms with Crippen LogP contribution >= 0.6 is 0 Å². The van der Waals surface area contributed by atoms with Gasteiger partial charge in [-0.2, -0.15) is 0 Å². The summed E-state index contributed by atoms with van der Waals surface area (Å²) in [7, 11) is 0. The van der Waals surface area contributed by atoms with E-state index in [1.807, 2.05) is 26.8 Å². The van der Waals surface area contributed by atoms with Crippen LogP contribution in [0.2, 0.25) is 0 Å². The number of pyridine rings is 1. The Morgan fingerprint density at radius 2 is 1.77 bits per heavy atom. The highest BCUT2D eigenvalue weighted by molar-refractivity contribution is 5.75. The molecule has 2 aromatic heterocycles. The maximum Gasteiger partial charge on any atom is 0.148 e. The minimum Gasteiger partial charge on any atom is -0.256 e. The molecule has 0 aliphatic carbocycles. The van der Waals surface area contributed by atoms with E-state index in [0.29, 0.717) is 5.82 Å². The molecule has 2 aromatic rings. The minimum atomic E-state index is 0.682. The average molecular weight is 174 g/mol. The molecule has 0 aliphatic rings. The van der Waals surface area contributed by atoms with E-state index >= 15 is 0 Å². The Morgan fingerprint density at radius 3 is 2.54 bits per heavy atom. The summed E-state index contributed by atoms with van der Waals surface area (Å²) in [5, 5.41) is 7.95. The van der Waals surface area contributed by atoms with Crippen molar-refractivity contribution in [3.63, 3.8) is 0 Å². The second kappa shape index (κ2) is 2.73. The van der Waals surface area contributed by atoms with E-state index in [2.05, 4.69) is 20.2 Å². The smallest absolute Gasteiger partial charge is 0.148 e. The van der Waals surface area contributed by atoms with Gasteiger partial charge < -0.3 is 0 Å². The Kier molecular flexibility index (Phi) is 1.69. The molecule has 0 atom stereocenters. The standard InChI is InChI=1S/C9H10N4/c1-5-4-8-9(6(2)10-5)11-7(3)12-13-8/h4H,1-3H3. The van der Waals surface area contributed by atoms with Crippen molar-refractivity contribution in [3.05, 3.63) is 23.3 Å². The normalized spacial score (nSPS) is 10.7. The molecular weight excluding hydrogens is 164 g/mol. The van der Waals surface area contributed by atoms with E-state index in [1.54, 1.807) is 0 Å². The van der Waals surface area contributed by atoms with Crippen molar-refractivity contribution in [2.45, 2.75) is 20.8 Å². The largest absolute Gasteiger partial charge is 0.256 e. The number of aromatic nitrogens is 4. The number of hydrogen-bond donors (Lipinski definition) is 0. The number of fused-ring (bicyclic) bond motifs is 1. The zero-order chi connectivity index (χ0) is 9.42. The number of nitrogens with zero attached hydrogens (tertiary/aromatic N) is 4. The third-order valence-electron chi connectivity index (χ3n) is 1.85. The van der Waals surface area contributed by atoms with Crippen LogP contribution in [0, 0.1) is 20.8 Å². The van der Waals surface area contributed by atoms with Crippen molar-refractivity contribution in [3.8, 4) is 0 Å². The fourth-order valence-electron chi connectivity index (χ4n) is 1.33. The molecule has 0 radical (unpaired) electrons. The summed E-state index contributed by atoms with van der Waals surface area (Å²) in [4.78, 5) is 8.59. The lowest BCUT2D eigenvalue weighted by Gasteiger charge is -2.01. The Labute approximate surface area is 76.1 Å². The molecule has 66 valence electrons. The lowest BCUT2D eigenvalue weighted by atomic mass is 10.2. The molecule has 0 unspecified atom stereocenters. The molecule has 0 amide bonds. The zero-order valence-corrected chi connectivity index (χ0v) is 7.87. The van der Waals surface area contributed by atoms with Gasteiger partial charge in [0.05, 0.1) is 5.69 Å². The summed E-state index contributed by atoms with van der Waals surface area (Å²) in [6.45, 7) is 5.70. The lowest BCUT2D eigenvalue weighted by Crippen LogP contribution is -1.97. The van der Waals surface area contributed by atoms with Crippen molar-refractivity contribution >= 4 is 11.0 Å². The maximum atomic E-state index is 4.31. The SMILES string of the molecule is Cc1cc2nnc(C)nc2c(C)n1. The van der Waals surface area contributed by atoms with Crippen LogP contribution in [-0.2, 0) is 0 Å². The summed E-state index contributed by atoms with van der Waals surface area (Å²) in [6.07, 6.45) is 0. The highest BCUT2D eigenvalue weighted by Crippen LogP contribution is 2.12. The van der Waals surface area contributed by atoms with Crippen LogP contribution in [0.4, 0.5) is 0 Å². The van der Waals surface area contributed by atoms with Crippen LogP contribution in [0.15, 0.2) is 6.07 Å². The van der Waals surface area contributed by atoms with E-state index in [0.717, 1.165) is 22.4 Å². The summed E-state index contributed by atoms with van der Waals surface area (Å²) in [5.41, 5.74) is 3.52. The van der Waals surface area contributed by atoms with E-state index in [-0.39, 0.29) is 0 Å². The first kappa shape index (κ1) is 8.04. The molecule has 2 heterocycles. The summed E-state index contributed by atoms with van der Waals surface area (Å²) < 4.78 is 0. The predicted molar refractivity (Wildman–Crippen MR) is 49.3 cm³/mol. The Hall–Kier alpha value is -1.58. The van der Waals surface area contributed by atoms with Crippen molar-refractivity contribution in [2.75, 3.05) is 0 Å². The first-order chi connectivity index (χ1) is 6.16. The van der Waals surface area contributed by atoms with E-state index in [1.165, 1.54) is 0 Å². The van der Waals surface area contributed by atoms with E-state index in [9.17, 15) is 0 Å². The van der Waals surface area contributed by atoms with Gasteiger partial charge >= 0.3 is 0 Å². The van der Waals surface area contributed by atoms with Crippen LogP contribution in [0.1, 0.15) is 17.2 Å². The summed E-state index contributed by atoms with van der Waals surface area (Å²) in [5.74, 6) is 0.682. The second-order valence-electron chi connectivity index (χ2n) is 3.08. The quantitative estimate of drug-likeness (QED) is 0.604. The van der Waals surface area contributed by atoms with Gasteiger partial charge in [-0.15, -0.1) is 10.2 Å². The first-order valence-electron chi connectivity index (χ1n) is 4.12. The molecule has 0 fully saturated rings. The maximum absolute atomic E-state index is 4.31. The summed E-state index contributed by atoms with van der Waals surface area (Å²) >= 11 is 0. The van der Waals surface area contributed by atoms with Crippen LogP contribution in [0.5, 0.6) is 0 Å². The van der Waals surface area contributed by atoms with Crippen LogP contribution in [0.25, 0.3) is 11.0 Å². The van der Waals surface area contributed by atoms with Crippen molar-refractivity contribution in [1.29, 1.82) is 0 Å². The van der Waals surface area contributed by atoms with Crippen molar-refractivity contribution < 1.29 is 0 Å². The molecule has 0 saturated heterocycles. The van der Waals surface area contributed by atoms with Crippen LogP contribution < -0.4 is 0 Å². The van der Waals surface area contributed by atoms with E-state index < -0.39 is 0 Å². The summed E-state index contributed by atoms with van der Waals surface area (Å²) in [6, 6.07) is 1.89. The molecule has 0 bridgehead atoms. The van der Waals surface area contributed by atoms with Gasteiger partial charge in [-0.1, -0.05) is 0 Å². The molecule has 0 spiro atoms. The molecule has 13 heavy (non-hydrogen) atoms.